The van der Waals surface area contributed by atoms with Crippen molar-refractivity contribution in [2.45, 2.75) is 18.7 Å². The Labute approximate surface area is 153 Å². The van der Waals surface area contributed by atoms with Crippen molar-refractivity contribution >= 4 is 33.2 Å². The highest BCUT2D eigenvalue weighted by Gasteiger charge is 2.18. The van der Waals surface area contributed by atoms with E-state index < -0.39 is 10.0 Å². The van der Waals surface area contributed by atoms with Crippen molar-refractivity contribution in [1.82, 2.24) is 4.90 Å². The number of carbonyl (C=O) groups is 1. The maximum absolute atomic E-state index is 12.6. The van der Waals surface area contributed by atoms with Crippen molar-refractivity contribution in [3.8, 4) is 0 Å². The molecule has 7 heteroatoms. The maximum Gasteiger partial charge on any atom is 0.261 e. The Balaban J connectivity index is 2.26. The van der Waals surface area contributed by atoms with Crippen molar-refractivity contribution in [3.05, 3.63) is 59.1 Å². The summed E-state index contributed by atoms with van der Waals surface area (Å²) in [5, 5.41) is 0.430. The van der Waals surface area contributed by atoms with Crippen LogP contribution in [0.5, 0.6) is 0 Å². The summed E-state index contributed by atoms with van der Waals surface area (Å²) in [5.74, 6) is 0.110. The van der Waals surface area contributed by atoms with Crippen LogP contribution in [0.1, 0.15) is 24.2 Å². The molecule has 1 amide bonds. The zero-order valence-corrected chi connectivity index (χ0v) is 15.9. The summed E-state index contributed by atoms with van der Waals surface area (Å²) in [6.45, 7) is 4.62. The Morgan fingerprint density at radius 2 is 1.84 bits per heavy atom. The highest BCUT2D eigenvalue weighted by molar-refractivity contribution is 7.92. The maximum atomic E-state index is 12.6. The Kier molecular flexibility index (Phi) is 6.08. The first-order chi connectivity index (χ1) is 11.7. The van der Waals surface area contributed by atoms with Gasteiger partial charge in [-0.15, -0.1) is 0 Å². The van der Waals surface area contributed by atoms with Gasteiger partial charge in [-0.25, -0.2) is 8.42 Å². The molecular formula is C18H21ClN2O3S. The van der Waals surface area contributed by atoms with Crippen LogP contribution >= 0.6 is 11.6 Å². The summed E-state index contributed by atoms with van der Waals surface area (Å²) in [4.78, 5) is 14.1. The van der Waals surface area contributed by atoms with Crippen molar-refractivity contribution in [1.29, 1.82) is 0 Å². The summed E-state index contributed by atoms with van der Waals surface area (Å²) in [5.41, 5.74) is 0.693. The van der Waals surface area contributed by atoms with Crippen LogP contribution in [0.3, 0.4) is 0 Å². The fourth-order valence-corrected chi connectivity index (χ4v) is 3.70. The van der Waals surface area contributed by atoms with E-state index in [-0.39, 0.29) is 10.8 Å². The quantitative estimate of drug-likeness (QED) is 0.827. The van der Waals surface area contributed by atoms with Crippen LogP contribution in [0.15, 0.2) is 53.4 Å². The molecule has 2 aromatic rings. The van der Waals surface area contributed by atoms with Gasteiger partial charge in [0.1, 0.15) is 0 Å². The second-order valence-corrected chi connectivity index (χ2v) is 8.34. The van der Waals surface area contributed by atoms with Gasteiger partial charge in [0, 0.05) is 24.2 Å². The van der Waals surface area contributed by atoms with Gasteiger partial charge in [0.2, 0.25) is 0 Å². The first kappa shape index (κ1) is 19.3. The lowest BCUT2D eigenvalue weighted by Gasteiger charge is -2.19. The number of amides is 1. The van der Waals surface area contributed by atoms with Gasteiger partial charge in [-0.3, -0.25) is 9.52 Å². The van der Waals surface area contributed by atoms with E-state index in [4.69, 9.17) is 11.6 Å². The van der Waals surface area contributed by atoms with Crippen LogP contribution in [0.25, 0.3) is 0 Å². The molecule has 0 atom stereocenters. The molecular weight excluding hydrogens is 360 g/mol. The lowest BCUT2D eigenvalue weighted by Crippen LogP contribution is -2.30. The van der Waals surface area contributed by atoms with Crippen molar-refractivity contribution in [2.24, 2.45) is 5.92 Å². The Morgan fingerprint density at radius 3 is 2.48 bits per heavy atom. The Hall–Kier alpha value is -2.05. The normalized spacial score (nSPS) is 11.4. The fraction of sp³-hybridized carbons (Fsp3) is 0.278. The van der Waals surface area contributed by atoms with E-state index >= 15 is 0 Å². The van der Waals surface area contributed by atoms with E-state index in [1.54, 1.807) is 42.3 Å². The Bertz CT molecular complexity index is 866. The number of hydrogen-bond donors (Lipinski definition) is 1. The third-order valence-electron chi connectivity index (χ3n) is 3.45. The fourth-order valence-electron chi connectivity index (χ4n) is 2.41. The standard InChI is InChI=1S/C18H21ClN2O3S/c1-13(2)12-21(3)18(22)14-6-4-9-17(10-14)25(23,24)20-16-8-5-7-15(19)11-16/h4-11,13,20H,12H2,1-3H3. The minimum Gasteiger partial charge on any atom is -0.341 e. The molecule has 2 rings (SSSR count). The number of sulfonamides is 1. The lowest BCUT2D eigenvalue weighted by molar-refractivity contribution is 0.0779. The number of hydrogen-bond acceptors (Lipinski definition) is 3. The molecule has 134 valence electrons. The summed E-state index contributed by atoms with van der Waals surface area (Å²) in [6.07, 6.45) is 0. The molecule has 5 nitrogen and oxygen atoms in total. The SMILES string of the molecule is CC(C)CN(C)C(=O)c1cccc(S(=O)(=O)Nc2cccc(Cl)c2)c1. The molecule has 25 heavy (non-hydrogen) atoms. The number of halogens is 1. The van der Waals surface area contributed by atoms with E-state index in [1.165, 1.54) is 18.2 Å². The molecule has 0 aromatic heterocycles. The van der Waals surface area contributed by atoms with Crippen LogP contribution in [0, 0.1) is 5.92 Å². The van der Waals surface area contributed by atoms with E-state index in [9.17, 15) is 13.2 Å². The highest BCUT2D eigenvalue weighted by atomic mass is 35.5. The minimum absolute atomic E-state index is 0.0243. The van der Waals surface area contributed by atoms with Crippen LogP contribution in [0.2, 0.25) is 5.02 Å². The summed E-state index contributed by atoms with van der Waals surface area (Å²) < 4.78 is 27.6. The molecule has 0 aliphatic rings. The van der Waals surface area contributed by atoms with Crippen molar-refractivity contribution in [2.75, 3.05) is 18.3 Å². The molecule has 0 bridgehead atoms. The number of nitrogens with zero attached hydrogens (tertiary/aromatic N) is 1. The van der Waals surface area contributed by atoms with Gasteiger partial charge < -0.3 is 4.90 Å². The smallest absolute Gasteiger partial charge is 0.261 e. The zero-order chi connectivity index (χ0) is 18.6. The minimum atomic E-state index is -3.81. The van der Waals surface area contributed by atoms with E-state index in [1.807, 2.05) is 13.8 Å². The molecule has 1 N–H and O–H groups in total. The average Bonchev–Trinajstić information content (AvgIpc) is 2.53. The lowest BCUT2D eigenvalue weighted by atomic mass is 10.1. The molecule has 0 unspecified atom stereocenters. The van der Waals surface area contributed by atoms with Gasteiger partial charge in [0.05, 0.1) is 10.6 Å². The molecule has 0 fully saturated rings. The third-order valence-corrected chi connectivity index (χ3v) is 5.07. The van der Waals surface area contributed by atoms with Gasteiger partial charge >= 0.3 is 0 Å². The summed E-state index contributed by atoms with van der Waals surface area (Å²) in [6, 6.07) is 12.4. The van der Waals surface area contributed by atoms with Crippen molar-refractivity contribution < 1.29 is 13.2 Å². The van der Waals surface area contributed by atoms with Crippen LogP contribution in [-0.4, -0.2) is 32.8 Å². The largest absolute Gasteiger partial charge is 0.341 e. The van der Waals surface area contributed by atoms with Crippen molar-refractivity contribution in [3.63, 3.8) is 0 Å². The second kappa shape index (κ2) is 7.89. The Morgan fingerprint density at radius 1 is 1.16 bits per heavy atom. The molecule has 0 saturated carbocycles. The summed E-state index contributed by atoms with van der Waals surface area (Å²) >= 11 is 5.88. The zero-order valence-electron chi connectivity index (χ0n) is 14.4. The molecule has 0 aliphatic heterocycles. The van der Waals surface area contributed by atoms with E-state index in [2.05, 4.69) is 4.72 Å². The first-order valence-corrected chi connectivity index (χ1v) is 9.69. The highest BCUT2D eigenvalue weighted by Crippen LogP contribution is 2.20. The predicted octanol–water partition coefficient (Wildman–Crippen LogP) is 3.87. The first-order valence-electron chi connectivity index (χ1n) is 7.83. The van der Waals surface area contributed by atoms with Gasteiger partial charge in [-0.1, -0.05) is 37.6 Å². The predicted molar refractivity (Wildman–Crippen MR) is 101 cm³/mol. The van der Waals surface area contributed by atoms with Crippen LogP contribution in [-0.2, 0) is 10.0 Å². The third kappa shape index (κ3) is 5.21. The molecule has 0 aliphatic carbocycles. The van der Waals surface area contributed by atoms with Crippen LogP contribution in [0.4, 0.5) is 5.69 Å². The number of benzene rings is 2. The number of nitrogens with one attached hydrogen (secondary N) is 1. The van der Waals surface area contributed by atoms with E-state index in [0.29, 0.717) is 28.7 Å². The van der Waals surface area contributed by atoms with Crippen LogP contribution < -0.4 is 4.72 Å². The topological polar surface area (TPSA) is 66.5 Å². The summed E-state index contributed by atoms with van der Waals surface area (Å²) in [7, 11) is -2.11. The number of anilines is 1. The monoisotopic (exact) mass is 380 g/mol. The second-order valence-electron chi connectivity index (χ2n) is 6.22. The molecule has 2 aromatic carbocycles. The molecule has 0 radical (unpaired) electrons. The average molecular weight is 381 g/mol. The van der Waals surface area contributed by atoms with Gasteiger partial charge in [0.25, 0.3) is 15.9 Å². The molecule has 0 heterocycles. The molecule has 0 spiro atoms. The van der Waals surface area contributed by atoms with E-state index in [0.717, 1.165) is 0 Å². The number of rotatable bonds is 6. The number of carbonyl (C=O) groups excluding carboxylic acids is 1. The van der Waals surface area contributed by atoms with Gasteiger partial charge in [-0.2, -0.15) is 0 Å². The van der Waals surface area contributed by atoms with Gasteiger partial charge in [-0.05, 0) is 42.3 Å². The van der Waals surface area contributed by atoms with Gasteiger partial charge in [0.15, 0.2) is 0 Å². The molecule has 0 saturated heterocycles.